The molecule has 35 heavy (non-hydrogen) atoms. The molecule has 0 aliphatic heterocycles. The van der Waals surface area contributed by atoms with Crippen molar-refractivity contribution in [1.82, 2.24) is 20.1 Å². The van der Waals surface area contributed by atoms with E-state index in [1.165, 1.54) is 21.1 Å². The summed E-state index contributed by atoms with van der Waals surface area (Å²) in [6, 6.07) is 17.9. The molecule has 0 fully saturated rings. The van der Waals surface area contributed by atoms with Crippen molar-refractivity contribution >= 4 is 23.5 Å². The van der Waals surface area contributed by atoms with E-state index in [4.69, 9.17) is 0 Å². The van der Waals surface area contributed by atoms with Crippen LogP contribution >= 0.6 is 11.3 Å². The van der Waals surface area contributed by atoms with E-state index in [9.17, 15) is 19.8 Å². The predicted molar refractivity (Wildman–Crippen MR) is 136 cm³/mol. The van der Waals surface area contributed by atoms with E-state index in [-0.39, 0.29) is 25.0 Å². The van der Waals surface area contributed by atoms with Crippen LogP contribution in [0.4, 0.5) is 9.59 Å². The number of urea groups is 1. The van der Waals surface area contributed by atoms with Gasteiger partial charge in [-0.25, -0.2) is 9.59 Å². The SMILES string of the molecule is CN(C)C(=O)N[C@@H](Cc1ccccc1)C[C@@H](O)[C@H](Cc1ccccc1)N(Cc1cncs1)C(=O)O. The number of aliphatic hydroxyl groups is 1. The number of hydrogen-bond donors (Lipinski definition) is 3. The Balaban J connectivity index is 1.86. The molecule has 8 nitrogen and oxygen atoms in total. The first-order valence-electron chi connectivity index (χ1n) is 11.4. The van der Waals surface area contributed by atoms with E-state index in [0.29, 0.717) is 12.8 Å². The van der Waals surface area contributed by atoms with E-state index in [0.717, 1.165) is 16.0 Å². The number of carboxylic acid groups (broad SMARTS) is 1. The van der Waals surface area contributed by atoms with Gasteiger partial charge < -0.3 is 20.4 Å². The Morgan fingerprint density at radius 2 is 1.60 bits per heavy atom. The third kappa shape index (κ3) is 8.08. The molecule has 3 aromatic rings. The normalized spacial score (nSPS) is 13.5. The Morgan fingerprint density at radius 3 is 2.11 bits per heavy atom. The number of rotatable bonds is 11. The van der Waals surface area contributed by atoms with Crippen LogP contribution in [-0.2, 0) is 19.4 Å². The van der Waals surface area contributed by atoms with Gasteiger partial charge in [0.25, 0.3) is 0 Å². The molecule has 1 heterocycles. The molecule has 0 bridgehead atoms. The minimum atomic E-state index is -1.12. The highest BCUT2D eigenvalue weighted by atomic mass is 32.1. The molecule has 186 valence electrons. The molecule has 3 amide bonds. The first-order valence-corrected chi connectivity index (χ1v) is 12.3. The lowest BCUT2D eigenvalue weighted by molar-refractivity contribution is 0.0349. The standard InChI is InChI=1S/C26H32N4O4S/c1-29(2)25(32)28-21(13-19-9-5-3-6-10-19)15-24(31)23(14-20-11-7-4-8-12-20)30(26(33)34)17-22-16-27-18-35-22/h3-12,16,18,21,23-24,31H,13-15,17H2,1-2H3,(H,28,32)(H,33,34)/t21-,23-,24+/m0/s1. The maximum Gasteiger partial charge on any atom is 0.407 e. The lowest BCUT2D eigenvalue weighted by Crippen LogP contribution is -2.51. The first-order chi connectivity index (χ1) is 16.8. The molecule has 0 radical (unpaired) electrons. The molecule has 0 aliphatic rings. The van der Waals surface area contributed by atoms with Crippen molar-refractivity contribution in [3.8, 4) is 0 Å². The Hall–Kier alpha value is -3.43. The third-order valence-electron chi connectivity index (χ3n) is 5.77. The number of hydrogen-bond acceptors (Lipinski definition) is 5. The molecule has 3 rings (SSSR count). The molecule has 0 unspecified atom stereocenters. The van der Waals surface area contributed by atoms with Crippen LogP contribution in [-0.4, -0.2) is 69.4 Å². The van der Waals surface area contributed by atoms with Crippen molar-refractivity contribution in [2.24, 2.45) is 0 Å². The molecule has 2 aromatic carbocycles. The second kappa shape index (κ2) is 12.9. The van der Waals surface area contributed by atoms with Gasteiger partial charge >= 0.3 is 12.1 Å². The molecular weight excluding hydrogens is 464 g/mol. The van der Waals surface area contributed by atoms with Gasteiger partial charge in [-0.3, -0.25) is 9.88 Å². The fourth-order valence-corrected chi connectivity index (χ4v) is 4.56. The summed E-state index contributed by atoms with van der Waals surface area (Å²) in [5, 5.41) is 24.5. The Labute approximate surface area is 209 Å². The molecule has 0 saturated heterocycles. The van der Waals surface area contributed by atoms with Crippen molar-refractivity contribution in [3.05, 3.63) is 88.4 Å². The number of benzene rings is 2. The zero-order valence-corrected chi connectivity index (χ0v) is 20.8. The lowest BCUT2D eigenvalue weighted by Gasteiger charge is -2.35. The van der Waals surface area contributed by atoms with Crippen LogP contribution < -0.4 is 5.32 Å². The van der Waals surface area contributed by atoms with Gasteiger partial charge in [0.1, 0.15) is 0 Å². The van der Waals surface area contributed by atoms with Gasteiger partial charge in [-0.1, -0.05) is 60.7 Å². The van der Waals surface area contributed by atoms with Crippen LogP contribution in [0.5, 0.6) is 0 Å². The Bertz CT molecular complexity index is 1050. The number of aliphatic hydroxyl groups excluding tert-OH is 1. The molecule has 0 aliphatic carbocycles. The van der Waals surface area contributed by atoms with Crippen LogP contribution in [0.25, 0.3) is 0 Å². The second-order valence-corrected chi connectivity index (χ2v) is 9.64. The van der Waals surface area contributed by atoms with Gasteiger partial charge in [0.05, 0.1) is 24.2 Å². The van der Waals surface area contributed by atoms with Crippen molar-refractivity contribution in [2.75, 3.05) is 14.1 Å². The summed E-state index contributed by atoms with van der Waals surface area (Å²) < 4.78 is 0. The Morgan fingerprint density at radius 1 is 1.00 bits per heavy atom. The zero-order valence-electron chi connectivity index (χ0n) is 19.9. The zero-order chi connectivity index (χ0) is 25.2. The van der Waals surface area contributed by atoms with Crippen LogP contribution in [0.3, 0.4) is 0 Å². The number of carbonyl (C=O) groups is 2. The molecule has 3 atom stereocenters. The van der Waals surface area contributed by atoms with Gasteiger partial charge in [-0.15, -0.1) is 11.3 Å². The van der Waals surface area contributed by atoms with Gasteiger partial charge in [0, 0.05) is 31.2 Å². The molecule has 1 aromatic heterocycles. The van der Waals surface area contributed by atoms with Crippen LogP contribution in [0.15, 0.2) is 72.4 Å². The Kier molecular flexibility index (Phi) is 9.63. The highest BCUT2D eigenvalue weighted by Crippen LogP contribution is 2.21. The second-order valence-electron chi connectivity index (χ2n) is 8.67. The van der Waals surface area contributed by atoms with Crippen LogP contribution in [0.2, 0.25) is 0 Å². The quantitative estimate of drug-likeness (QED) is 0.374. The molecule has 0 spiro atoms. The summed E-state index contributed by atoms with van der Waals surface area (Å²) in [7, 11) is 3.32. The fourth-order valence-electron chi connectivity index (χ4n) is 3.97. The summed E-state index contributed by atoms with van der Waals surface area (Å²) in [4.78, 5) is 32.4. The number of nitrogens with zero attached hydrogens (tertiary/aromatic N) is 3. The minimum Gasteiger partial charge on any atom is -0.465 e. The average Bonchev–Trinajstić information content (AvgIpc) is 3.35. The van der Waals surface area contributed by atoms with E-state index >= 15 is 0 Å². The number of amides is 3. The van der Waals surface area contributed by atoms with E-state index in [1.807, 2.05) is 60.7 Å². The van der Waals surface area contributed by atoms with E-state index in [2.05, 4.69) is 10.3 Å². The highest BCUT2D eigenvalue weighted by molar-refractivity contribution is 7.09. The fraction of sp³-hybridized carbons (Fsp3) is 0.346. The van der Waals surface area contributed by atoms with Crippen molar-refractivity contribution < 1.29 is 19.8 Å². The highest BCUT2D eigenvalue weighted by Gasteiger charge is 2.32. The van der Waals surface area contributed by atoms with Crippen molar-refractivity contribution in [2.45, 2.75) is 44.0 Å². The van der Waals surface area contributed by atoms with Gasteiger partial charge in [-0.2, -0.15) is 0 Å². The number of nitrogens with one attached hydrogen (secondary N) is 1. The molecule has 3 N–H and O–H groups in total. The molecular formula is C26H32N4O4S. The largest absolute Gasteiger partial charge is 0.465 e. The van der Waals surface area contributed by atoms with E-state index in [1.54, 1.807) is 25.8 Å². The van der Waals surface area contributed by atoms with Gasteiger partial charge in [0.2, 0.25) is 0 Å². The number of aromatic nitrogens is 1. The smallest absolute Gasteiger partial charge is 0.407 e. The van der Waals surface area contributed by atoms with Gasteiger partial charge in [0.15, 0.2) is 0 Å². The topological polar surface area (TPSA) is 106 Å². The number of thiazole rings is 1. The maximum atomic E-state index is 12.5. The summed E-state index contributed by atoms with van der Waals surface area (Å²) in [6.45, 7) is 0.127. The van der Waals surface area contributed by atoms with Crippen molar-refractivity contribution in [1.29, 1.82) is 0 Å². The summed E-state index contributed by atoms with van der Waals surface area (Å²) in [5.74, 6) is 0. The monoisotopic (exact) mass is 496 g/mol. The lowest BCUT2D eigenvalue weighted by atomic mass is 9.92. The van der Waals surface area contributed by atoms with Crippen LogP contribution in [0.1, 0.15) is 22.4 Å². The molecule has 9 heteroatoms. The van der Waals surface area contributed by atoms with Crippen molar-refractivity contribution in [3.63, 3.8) is 0 Å². The summed E-state index contributed by atoms with van der Waals surface area (Å²) in [5.41, 5.74) is 3.59. The van der Waals surface area contributed by atoms with E-state index < -0.39 is 18.2 Å². The molecule has 0 saturated carbocycles. The summed E-state index contributed by atoms with van der Waals surface area (Å²) >= 11 is 1.37. The number of carbonyl (C=O) groups excluding carboxylic acids is 1. The predicted octanol–water partition coefficient (Wildman–Crippen LogP) is 3.87. The van der Waals surface area contributed by atoms with Crippen LogP contribution in [0, 0.1) is 0 Å². The summed E-state index contributed by atoms with van der Waals surface area (Å²) in [6.07, 6.45) is 0.552. The first kappa shape index (κ1) is 26.2. The maximum absolute atomic E-state index is 12.5. The average molecular weight is 497 g/mol. The van der Waals surface area contributed by atoms with Gasteiger partial charge in [-0.05, 0) is 30.4 Å². The minimum absolute atomic E-state index is 0.127. The third-order valence-corrected chi connectivity index (χ3v) is 6.54.